The lowest BCUT2D eigenvalue weighted by Gasteiger charge is -2.08. The molecule has 0 bridgehead atoms. The highest BCUT2D eigenvalue weighted by Crippen LogP contribution is 2.21. The molecule has 7 heteroatoms. The number of carbonyl (C=O) groups excluding carboxylic acids is 1. The molecular formula is C12H12F3N3O. The predicted molar refractivity (Wildman–Crippen MR) is 62.6 cm³/mol. The van der Waals surface area contributed by atoms with E-state index in [-0.39, 0.29) is 5.82 Å². The lowest BCUT2D eigenvalue weighted by atomic mass is 10.2. The van der Waals surface area contributed by atoms with Gasteiger partial charge in [-0.1, -0.05) is 6.92 Å². The van der Waals surface area contributed by atoms with Crippen LogP contribution in [0.1, 0.15) is 19.2 Å². The Morgan fingerprint density at radius 3 is 2.79 bits per heavy atom. The van der Waals surface area contributed by atoms with Crippen LogP contribution in [0.15, 0.2) is 18.5 Å². The van der Waals surface area contributed by atoms with Crippen LogP contribution in [-0.2, 0) is 17.8 Å². The van der Waals surface area contributed by atoms with Crippen molar-refractivity contribution in [2.45, 2.75) is 32.5 Å². The van der Waals surface area contributed by atoms with Crippen molar-refractivity contribution in [3.05, 3.63) is 24.3 Å². The lowest BCUT2D eigenvalue weighted by molar-refractivity contribution is -0.170. The molecule has 0 amide bonds. The molecule has 0 aromatic carbocycles. The average Bonchev–Trinajstić information content (AvgIpc) is 2.67. The Morgan fingerprint density at radius 1 is 1.42 bits per heavy atom. The van der Waals surface area contributed by atoms with Gasteiger partial charge in [0.2, 0.25) is 5.78 Å². The Labute approximate surface area is 107 Å². The summed E-state index contributed by atoms with van der Waals surface area (Å²) < 4.78 is 38.6. The standard InChI is InChI=1S/C12H12F3N3O/c1-2-5-18-9-3-4-16-7-8(9)17-11(18)6-10(19)12(13,14)15/h3-4,7H,2,5-6H2,1H3. The summed E-state index contributed by atoms with van der Waals surface area (Å²) >= 11 is 0. The molecule has 0 aliphatic carbocycles. The first-order valence-electron chi connectivity index (χ1n) is 5.82. The van der Waals surface area contributed by atoms with Crippen LogP contribution in [0.4, 0.5) is 13.2 Å². The molecule has 0 atom stereocenters. The highest BCUT2D eigenvalue weighted by Gasteiger charge is 2.38. The van der Waals surface area contributed by atoms with Crippen molar-refractivity contribution < 1.29 is 18.0 Å². The van der Waals surface area contributed by atoms with Crippen molar-refractivity contribution in [3.8, 4) is 0 Å². The van der Waals surface area contributed by atoms with Crippen LogP contribution in [0.5, 0.6) is 0 Å². The van der Waals surface area contributed by atoms with E-state index in [1.807, 2.05) is 6.92 Å². The summed E-state index contributed by atoms with van der Waals surface area (Å²) in [5.41, 5.74) is 1.20. The fourth-order valence-corrected chi connectivity index (χ4v) is 1.88. The van der Waals surface area contributed by atoms with Crippen molar-refractivity contribution >= 4 is 16.8 Å². The number of ketones is 1. The smallest absolute Gasteiger partial charge is 0.328 e. The van der Waals surface area contributed by atoms with E-state index in [9.17, 15) is 18.0 Å². The number of alkyl halides is 3. The van der Waals surface area contributed by atoms with E-state index in [0.717, 1.165) is 6.42 Å². The molecule has 0 N–H and O–H groups in total. The van der Waals surface area contributed by atoms with Crippen molar-refractivity contribution in [1.82, 2.24) is 14.5 Å². The number of hydrogen-bond acceptors (Lipinski definition) is 3. The summed E-state index contributed by atoms with van der Waals surface area (Å²) in [7, 11) is 0. The number of imidazole rings is 1. The van der Waals surface area contributed by atoms with Crippen molar-refractivity contribution in [3.63, 3.8) is 0 Å². The molecule has 2 aromatic rings. The fraction of sp³-hybridized carbons (Fsp3) is 0.417. The summed E-state index contributed by atoms with van der Waals surface area (Å²) in [6.07, 6.45) is -1.80. The van der Waals surface area contributed by atoms with Gasteiger partial charge in [0, 0.05) is 12.7 Å². The van der Waals surface area contributed by atoms with Crippen LogP contribution in [0.3, 0.4) is 0 Å². The van der Waals surface area contributed by atoms with Crippen LogP contribution in [0.2, 0.25) is 0 Å². The Kier molecular flexibility index (Phi) is 3.55. The van der Waals surface area contributed by atoms with Crippen LogP contribution in [0.25, 0.3) is 11.0 Å². The summed E-state index contributed by atoms with van der Waals surface area (Å²) in [6, 6.07) is 1.68. The molecule has 0 radical (unpaired) electrons. The van der Waals surface area contributed by atoms with Gasteiger partial charge in [-0.05, 0) is 12.5 Å². The second-order valence-electron chi connectivity index (χ2n) is 4.14. The summed E-state index contributed by atoms with van der Waals surface area (Å²) in [5, 5.41) is 0. The second-order valence-corrected chi connectivity index (χ2v) is 4.14. The number of fused-ring (bicyclic) bond motifs is 1. The highest BCUT2D eigenvalue weighted by atomic mass is 19.4. The first-order chi connectivity index (χ1) is 8.93. The molecule has 0 saturated heterocycles. The molecule has 19 heavy (non-hydrogen) atoms. The second kappa shape index (κ2) is 4.99. The predicted octanol–water partition coefficient (Wildman–Crippen LogP) is 2.52. The molecule has 0 fully saturated rings. The number of pyridine rings is 1. The summed E-state index contributed by atoms with van der Waals surface area (Å²) in [5.74, 6) is -1.65. The van der Waals surface area contributed by atoms with Gasteiger partial charge < -0.3 is 4.57 Å². The van der Waals surface area contributed by atoms with Crippen LogP contribution in [-0.4, -0.2) is 26.5 Å². The SMILES string of the molecule is CCCn1c(CC(=O)C(F)(F)F)nc2cnccc21. The number of carbonyl (C=O) groups is 1. The average molecular weight is 271 g/mol. The molecule has 2 aromatic heterocycles. The maximum absolute atomic E-state index is 12.3. The number of Topliss-reactive ketones (excluding diaryl/α,β-unsaturated/α-hetero) is 1. The zero-order valence-corrected chi connectivity index (χ0v) is 10.2. The number of rotatable bonds is 4. The summed E-state index contributed by atoms with van der Waals surface area (Å²) in [6.45, 7) is 2.42. The number of hydrogen-bond donors (Lipinski definition) is 0. The minimum Gasteiger partial charge on any atom is -0.328 e. The molecule has 0 aliphatic rings. The van der Waals surface area contributed by atoms with Crippen LogP contribution in [0, 0.1) is 0 Å². The Hall–Kier alpha value is -1.92. The number of aryl methyl sites for hydroxylation is 1. The Balaban J connectivity index is 2.42. The van der Waals surface area contributed by atoms with E-state index in [4.69, 9.17) is 0 Å². The first kappa shape index (κ1) is 13.5. The van der Waals surface area contributed by atoms with E-state index in [2.05, 4.69) is 9.97 Å². The Morgan fingerprint density at radius 2 is 2.16 bits per heavy atom. The zero-order chi connectivity index (χ0) is 14.0. The number of halogens is 3. The molecule has 0 saturated carbocycles. The number of aromatic nitrogens is 3. The third-order valence-electron chi connectivity index (χ3n) is 2.71. The third kappa shape index (κ3) is 2.74. The Bertz CT molecular complexity index is 604. The molecule has 2 heterocycles. The van der Waals surface area contributed by atoms with Gasteiger partial charge in [-0.25, -0.2) is 4.98 Å². The lowest BCUT2D eigenvalue weighted by Crippen LogP contribution is -2.26. The molecule has 2 rings (SSSR count). The largest absolute Gasteiger partial charge is 0.450 e. The van der Waals surface area contributed by atoms with Gasteiger partial charge in [0.25, 0.3) is 0 Å². The highest BCUT2D eigenvalue weighted by molar-refractivity contribution is 5.86. The quantitative estimate of drug-likeness (QED) is 0.858. The van der Waals surface area contributed by atoms with E-state index in [0.29, 0.717) is 17.6 Å². The van der Waals surface area contributed by atoms with E-state index >= 15 is 0 Å². The van der Waals surface area contributed by atoms with Crippen LogP contribution >= 0.6 is 0 Å². The maximum atomic E-state index is 12.3. The molecule has 0 aliphatic heterocycles. The number of nitrogens with zero attached hydrogens (tertiary/aromatic N) is 3. The van der Waals surface area contributed by atoms with Gasteiger partial charge in [-0.3, -0.25) is 9.78 Å². The maximum Gasteiger partial charge on any atom is 0.450 e. The van der Waals surface area contributed by atoms with Gasteiger partial charge >= 0.3 is 6.18 Å². The van der Waals surface area contributed by atoms with Crippen molar-refractivity contribution in [2.24, 2.45) is 0 Å². The molecule has 0 unspecified atom stereocenters. The summed E-state index contributed by atoms with van der Waals surface area (Å²) in [4.78, 5) is 19.0. The third-order valence-corrected chi connectivity index (χ3v) is 2.71. The van der Waals surface area contributed by atoms with Gasteiger partial charge in [0.15, 0.2) is 0 Å². The first-order valence-corrected chi connectivity index (χ1v) is 5.82. The van der Waals surface area contributed by atoms with E-state index in [1.165, 1.54) is 6.20 Å². The normalized spacial score (nSPS) is 12.0. The topological polar surface area (TPSA) is 47.8 Å². The molecule has 102 valence electrons. The molecule has 0 spiro atoms. The van der Waals surface area contributed by atoms with E-state index < -0.39 is 18.4 Å². The monoisotopic (exact) mass is 271 g/mol. The van der Waals surface area contributed by atoms with Crippen molar-refractivity contribution in [1.29, 1.82) is 0 Å². The van der Waals surface area contributed by atoms with E-state index in [1.54, 1.807) is 16.8 Å². The minimum atomic E-state index is -4.83. The van der Waals surface area contributed by atoms with Gasteiger partial charge in [-0.2, -0.15) is 13.2 Å². The molecular weight excluding hydrogens is 259 g/mol. The fourth-order valence-electron chi connectivity index (χ4n) is 1.88. The van der Waals surface area contributed by atoms with Gasteiger partial charge in [0.1, 0.15) is 11.3 Å². The zero-order valence-electron chi connectivity index (χ0n) is 10.2. The molecule has 4 nitrogen and oxygen atoms in total. The van der Waals surface area contributed by atoms with Gasteiger partial charge in [0.05, 0.1) is 18.1 Å². The van der Waals surface area contributed by atoms with Crippen LogP contribution < -0.4 is 0 Å². The van der Waals surface area contributed by atoms with Crippen molar-refractivity contribution in [2.75, 3.05) is 0 Å². The minimum absolute atomic E-state index is 0.132. The van der Waals surface area contributed by atoms with Gasteiger partial charge in [-0.15, -0.1) is 0 Å².